The summed E-state index contributed by atoms with van der Waals surface area (Å²) in [7, 11) is -0.512. The maximum absolute atomic E-state index is 13.1. The number of furan rings is 1. The first-order valence-corrected chi connectivity index (χ1v) is 11.9. The normalized spacial score (nSPS) is 14.6. The van der Waals surface area contributed by atoms with E-state index in [-0.39, 0.29) is 11.3 Å². The van der Waals surface area contributed by atoms with Crippen molar-refractivity contribution in [2.24, 2.45) is 5.92 Å². The molecule has 0 bridgehead atoms. The Balaban J connectivity index is 1.61. The fourth-order valence-corrected chi connectivity index (χ4v) is 4.57. The van der Waals surface area contributed by atoms with E-state index in [1.165, 1.54) is 13.3 Å². The van der Waals surface area contributed by atoms with Crippen LogP contribution in [0.1, 0.15) is 29.8 Å². The first-order valence-electron chi connectivity index (χ1n) is 10.4. The predicted octanol–water partition coefficient (Wildman–Crippen LogP) is 1.89. The van der Waals surface area contributed by atoms with Crippen molar-refractivity contribution in [3.05, 3.63) is 50.6 Å². The molecule has 0 aliphatic carbocycles. The topological polar surface area (TPSA) is 174 Å². The Hall–Kier alpha value is -3.41. The molecule has 0 spiro atoms. The van der Waals surface area contributed by atoms with Crippen molar-refractivity contribution < 1.29 is 28.7 Å². The second-order valence-corrected chi connectivity index (χ2v) is 9.02. The third-order valence-electron chi connectivity index (χ3n) is 5.77. The van der Waals surface area contributed by atoms with E-state index in [1.54, 1.807) is 6.07 Å². The molecule has 2 N–H and O–H groups in total. The van der Waals surface area contributed by atoms with Gasteiger partial charge in [0.25, 0.3) is 5.56 Å². The van der Waals surface area contributed by atoms with Crippen LogP contribution in [0.4, 0.5) is 11.7 Å². The van der Waals surface area contributed by atoms with E-state index in [0.29, 0.717) is 41.1 Å². The monoisotopic (exact) mass is 491 g/mol. The number of anilines is 1. The zero-order chi connectivity index (χ0) is 24.4. The first-order chi connectivity index (χ1) is 16.3. The van der Waals surface area contributed by atoms with E-state index in [1.807, 2.05) is 0 Å². The van der Waals surface area contributed by atoms with Gasteiger partial charge in [-0.1, -0.05) is 0 Å². The van der Waals surface area contributed by atoms with E-state index in [4.69, 9.17) is 18.9 Å². The lowest BCUT2D eigenvalue weighted by Gasteiger charge is -2.33. The van der Waals surface area contributed by atoms with Crippen LogP contribution in [0, 0.1) is 16.0 Å². The number of methoxy groups -OCH3 is 1. The highest BCUT2D eigenvalue weighted by Gasteiger charge is 2.25. The summed E-state index contributed by atoms with van der Waals surface area (Å²) < 4.78 is 10.8. The Kier molecular flexibility index (Phi) is 6.87. The average Bonchev–Trinajstić information content (AvgIpc) is 3.33. The van der Waals surface area contributed by atoms with Gasteiger partial charge in [0.05, 0.1) is 19.4 Å². The number of hydrogen-bond acceptors (Lipinski definition) is 11. The van der Waals surface area contributed by atoms with Gasteiger partial charge in [-0.3, -0.25) is 19.7 Å². The van der Waals surface area contributed by atoms with Crippen molar-refractivity contribution in [2.75, 3.05) is 31.3 Å². The van der Waals surface area contributed by atoms with Crippen molar-refractivity contribution >= 4 is 36.8 Å². The molecule has 1 fully saturated rings. The maximum Gasteiger partial charge on any atom is 0.433 e. The van der Waals surface area contributed by atoms with Gasteiger partial charge in [0, 0.05) is 24.6 Å². The lowest BCUT2D eigenvalue weighted by molar-refractivity contribution is -0.402. The number of carbonyl (C=O) groups excluding carboxylic acids is 1. The summed E-state index contributed by atoms with van der Waals surface area (Å²) in [5, 5.41) is 15.2. The Labute approximate surface area is 193 Å². The van der Waals surface area contributed by atoms with Crippen LogP contribution in [-0.4, -0.2) is 61.7 Å². The SMILES string of the molecule is COc1nc(N2CCC(CCP(O)O)CC2)cc2cnn(C(=O)c3ccc([N+](=O)[O-])o3)c(=O)c12. The molecule has 3 aromatic rings. The molecule has 0 atom stereocenters. The molecule has 1 saturated heterocycles. The number of fused-ring (bicyclic) bond motifs is 1. The number of hydrogen-bond donors (Lipinski definition) is 2. The molecule has 4 rings (SSSR count). The molecule has 1 aliphatic rings. The van der Waals surface area contributed by atoms with Crippen LogP contribution < -0.4 is 15.2 Å². The molecule has 180 valence electrons. The minimum atomic E-state index is -1.87. The van der Waals surface area contributed by atoms with Gasteiger partial charge >= 0.3 is 11.8 Å². The number of carbonyl (C=O) groups is 1. The molecule has 0 radical (unpaired) electrons. The van der Waals surface area contributed by atoms with Gasteiger partial charge in [-0.15, -0.1) is 0 Å². The number of ether oxygens (including phenoxy) is 1. The van der Waals surface area contributed by atoms with Gasteiger partial charge in [0.15, 0.2) is 8.38 Å². The average molecular weight is 491 g/mol. The fraction of sp³-hybridized carbons (Fsp3) is 0.400. The summed E-state index contributed by atoms with van der Waals surface area (Å²) in [6, 6.07) is 3.81. The minimum Gasteiger partial charge on any atom is -0.480 e. The zero-order valence-corrected chi connectivity index (χ0v) is 19.1. The standard InChI is InChI=1S/C20H22N5O8P/c1-32-18-17-13(10-15(22-18)23-7-4-12(5-8-23)6-9-34(30)31)11-21-24(20(17)27)19(26)14-2-3-16(33-14)25(28)29/h2-3,10-12,30-31H,4-9H2,1H3. The van der Waals surface area contributed by atoms with Gasteiger partial charge in [-0.05, 0) is 37.3 Å². The Morgan fingerprint density at radius 2 is 2.09 bits per heavy atom. The number of aromatic nitrogens is 3. The molecule has 0 aromatic carbocycles. The Bertz CT molecular complexity index is 1280. The molecule has 0 amide bonds. The first kappa shape index (κ1) is 23.7. The van der Waals surface area contributed by atoms with Crippen LogP contribution in [0.5, 0.6) is 5.88 Å². The minimum absolute atomic E-state index is 0.0280. The summed E-state index contributed by atoms with van der Waals surface area (Å²) in [5.41, 5.74) is -0.791. The van der Waals surface area contributed by atoms with Crippen LogP contribution in [0.2, 0.25) is 0 Å². The summed E-state index contributed by atoms with van der Waals surface area (Å²) in [6.45, 7) is 1.42. The molecule has 34 heavy (non-hydrogen) atoms. The number of pyridine rings is 1. The smallest absolute Gasteiger partial charge is 0.433 e. The van der Waals surface area contributed by atoms with Crippen LogP contribution >= 0.6 is 8.38 Å². The van der Waals surface area contributed by atoms with Crippen molar-refractivity contribution in [1.29, 1.82) is 0 Å². The lowest BCUT2D eigenvalue weighted by Crippen LogP contribution is -2.35. The third-order valence-corrected chi connectivity index (χ3v) is 6.42. The van der Waals surface area contributed by atoms with E-state index >= 15 is 0 Å². The van der Waals surface area contributed by atoms with Gasteiger partial charge < -0.3 is 23.8 Å². The van der Waals surface area contributed by atoms with Crippen LogP contribution in [0.15, 0.2) is 33.6 Å². The number of piperidine rings is 1. The van der Waals surface area contributed by atoms with Crippen molar-refractivity contribution in [3.63, 3.8) is 0 Å². The predicted molar refractivity (Wildman–Crippen MR) is 121 cm³/mol. The van der Waals surface area contributed by atoms with Crippen molar-refractivity contribution in [3.8, 4) is 5.88 Å². The molecule has 0 saturated carbocycles. The molecule has 0 unspecified atom stereocenters. The Morgan fingerprint density at radius 3 is 2.71 bits per heavy atom. The van der Waals surface area contributed by atoms with E-state index in [0.717, 1.165) is 31.4 Å². The number of nitrogens with zero attached hydrogens (tertiary/aromatic N) is 5. The second kappa shape index (κ2) is 9.84. The van der Waals surface area contributed by atoms with Gasteiger partial charge in [-0.2, -0.15) is 14.8 Å². The number of nitro groups is 1. The van der Waals surface area contributed by atoms with Crippen molar-refractivity contribution in [2.45, 2.75) is 19.3 Å². The molecule has 13 nitrogen and oxygen atoms in total. The van der Waals surface area contributed by atoms with E-state index in [2.05, 4.69) is 15.0 Å². The summed E-state index contributed by atoms with van der Waals surface area (Å²) in [6.07, 6.45) is 4.24. The molecular weight excluding hydrogens is 469 g/mol. The molecule has 3 aromatic heterocycles. The second-order valence-electron chi connectivity index (χ2n) is 7.83. The van der Waals surface area contributed by atoms with Crippen LogP contribution in [-0.2, 0) is 0 Å². The van der Waals surface area contributed by atoms with Crippen LogP contribution in [0.3, 0.4) is 0 Å². The summed E-state index contributed by atoms with van der Waals surface area (Å²) in [5.74, 6) is -0.954. The maximum atomic E-state index is 13.1. The van der Waals surface area contributed by atoms with Gasteiger partial charge in [0.1, 0.15) is 16.1 Å². The molecule has 4 heterocycles. The highest BCUT2D eigenvalue weighted by Crippen LogP contribution is 2.32. The molecule has 14 heteroatoms. The lowest BCUT2D eigenvalue weighted by atomic mass is 9.94. The van der Waals surface area contributed by atoms with Crippen LogP contribution in [0.25, 0.3) is 10.8 Å². The highest BCUT2D eigenvalue weighted by atomic mass is 31.2. The fourth-order valence-electron chi connectivity index (χ4n) is 3.97. The molecular formula is C20H22N5O8P. The van der Waals surface area contributed by atoms with Crippen molar-refractivity contribution in [1.82, 2.24) is 14.8 Å². The number of rotatable bonds is 7. The highest BCUT2D eigenvalue weighted by molar-refractivity contribution is 7.45. The largest absolute Gasteiger partial charge is 0.480 e. The summed E-state index contributed by atoms with van der Waals surface area (Å²) >= 11 is 0. The molecule has 1 aliphatic heterocycles. The third kappa shape index (κ3) is 4.76. The van der Waals surface area contributed by atoms with E-state index in [9.17, 15) is 19.7 Å². The summed E-state index contributed by atoms with van der Waals surface area (Å²) in [4.78, 5) is 60.5. The quantitative estimate of drug-likeness (QED) is 0.280. The van der Waals surface area contributed by atoms with E-state index < -0.39 is 36.4 Å². The zero-order valence-electron chi connectivity index (χ0n) is 18.2. The van der Waals surface area contributed by atoms with Gasteiger partial charge in [0.2, 0.25) is 11.6 Å². The Morgan fingerprint density at radius 1 is 1.35 bits per heavy atom. The van der Waals surface area contributed by atoms with Gasteiger partial charge in [-0.25, -0.2) is 0 Å².